The fourth-order valence-corrected chi connectivity index (χ4v) is 2.98. The molecule has 0 saturated heterocycles. The van der Waals surface area contributed by atoms with Crippen molar-refractivity contribution >= 4 is 17.8 Å². The Morgan fingerprint density at radius 1 is 1.39 bits per heavy atom. The molecule has 0 atom stereocenters. The third kappa shape index (κ3) is 6.47. The zero-order valence-corrected chi connectivity index (χ0v) is 15.2. The number of pyridine rings is 1. The number of nitrogens with zero attached hydrogens (tertiary/aromatic N) is 2. The standard InChI is InChI=1S/C19H22F4N4O/c1-2-17(28)26-11-14-9-13(12-3-6-19(22,23)7-4-12)10-16(27-14)15(24)5-8-25-18(20)21/h2,5,8-10,12,18H,1,3-4,6-7,11,24H2,(H,26,28). The summed E-state index contributed by atoms with van der Waals surface area (Å²) in [7, 11) is 0. The van der Waals surface area contributed by atoms with E-state index in [-0.39, 0.29) is 31.0 Å². The summed E-state index contributed by atoms with van der Waals surface area (Å²) in [6.45, 7) is 0.603. The predicted molar refractivity (Wildman–Crippen MR) is 99.1 cm³/mol. The first-order valence-electron chi connectivity index (χ1n) is 8.76. The van der Waals surface area contributed by atoms with E-state index in [4.69, 9.17) is 5.73 Å². The maximum atomic E-state index is 13.5. The van der Waals surface area contributed by atoms with Crippen LogP contribution in [0.25, 0.3) is 5.70 Å². The molecule has 1 fully saturated rings. The molecule has 1 amide bonds. The van der Waals surface area contributed by atoms with Gasteiger partial charge in [-0.2, -0.15) is 8.78 Å². The van der Waals surface area contributed by atoms with Crippen molar-refractivity contribution in [3.63, 3.8) is 0 Å². The molecule has 1 heterocycles. The van der Waals surface area contributed by atoms with Crippen LogP contribution in [0.3, 0.4) is 0 Å². The summed E-state index contributed by atoms with van der Waals surface area (Å²) in [5.41, 5.74) is 7.56. The maximum Gasteiger partial charge on any atom is 0.331 e. The summed E-state index contributed by atoms with van der Waals surface area (Å²) in [6, 6.07) is 3.40. The van der Waals surface area contributed by atoms with Crippen LogP contribution in [0.5, 0.6) is 0 Å². The molecule has 0 radical (unpaired) electrons. The largest absolute Gasteiger partial charge is 0.397 e. The van der Waals surface area contributed by atoms with Gasteiger partial charge in [0.05, 0.1) is 23.6 Å². The van der Waals surface area contributed by atoms with Gasteiger partial charge in [0, 0.05) is 19.1 Å². The van der Waals surface area contributed by atoms with Gasteiger partial charge in [0.15, 0.2) is 0 Å². The molecule has 1 aliphatic rings. The molecular weight excluding hydrogens is 376 g/mol. The quantitative estimate of drug-likeness (QED) is 0.318. The first kappa shape index (κ1) is 21.6. The van der Waals surface area contributed by atoms with Gasteiger partial charge in [-0.05, 0) is 48.6 Å². The van der Waals surface area contributed by atoms with Crippen LogP contribution in [-0.2, 0) is 11.3 Å². The van der Waals surface area contributed by atoms with E-state index < -0.39 is 18.4 Å². The minimum absolute atomic E-state index is 0.0903. The van der Waals surface area contributed by atoms with E-state index in [9.17, 15) is 22.4 Å². The molecular formula is C19H22F4N4O. The van der Waals surface area contributed by atoms with Crippen molar-refractivity contribution in [1.29, 1.82) is 0 Å². The highest BCUT2D eigenvalue weighted by atomic mass is 19.3. The molecule has 3 N–H and O–H groups in total. The third-order valence-electron chi connectivity index (χ3n) is 4.47. The number of carbonyl (C=O) groups excluding carboxylic acids is 1. The number of nitrogens with one attached hydrogen (secondary N) is 1. The number of aromatic nitrogens is 1. The molecule has 0 aromatic carbocycles. The molecule has 28 heavy (non-hydrogen) atoms. The second-order valence-corrected chi connectivity index (χ2v) is 6.53. The number of carbonyl (C=O) groups is 1. The molecule has 0 spiro atoms. The van der Waals surface area contributed by atoms with Gasteiger partial charge in [0.1, 0.15) is 0 Å². The van der Waals surface area contributed by atoms with Gasteiger partial charge in [-0.1, -0.05) is 6.58 Å². The highest BCUT2D eigenvalue weighted by Crippen LogP contribution is 2.41. The summed E-state index contributed by atoms with van der Waals surface area (Å²) in [6.07, 6.45) is 3.41. The fourth-order valence-electron chi connectivity index (χ4n) is 2.98. The monoisotopic (exact) mass is 398 g/mol. The molecule has 152 valence electrons. The number of halogens is 4. The van der Waals surface area contributed by atoms with Gasteiger partial charge < -0.3 is 11.1 Å². The van der Waals surface area contributed by atoms with Gasteiger partial charge in [-0.15, -0.1) is 0 Å². The molecule has 0 aliphatic heterocycles. The first-order chi connectivity index (χ1) is 13.2. The summed E-state index contributed by atoms with van der Waals surface area (Å²) in [4.78, 5) is 18.6. The Kier molecular flexibility index (Phi) is 7.31. The van der Waals surface area contributed by atoms with Crippen LogP contribution in [0, 0.1) is 0 Å². The normalized spacial score (nSPS) is 17.8. The topological polar surface area (TPSA) is 80.4 Å². The van der Waals surface area contributed by atoms with Crippen LogP contribution in [0.15, 0.2) is 35.9 Å². The number of hydrogen-bond donors (Lipinski definition) is 2. The van der Waals surface area contributed by atoms with Crippen LogP contribution in [0.1, 0.15) is 48.6 Å². The summed E-state index contributed by atoms with van der Waals surface area (Å²) >= 11 is 0. The number of aliphatic imine (C=N–C) groups is 1. The van der Waals surface area contributed by atoms with E-state index in [0.29, 0.717) is 24.2 Å². The Hall–Kier alpha value is -2.71. The molecule has 5 nitrogen and oxygen atoms in total. The van der Waals surface area contributed by atoms with Crippen molar-refractivity contribution in [2.24, 2.45) is 10.7 Å². The van der Waals surface area contributed by atoms with E-state index >= 15 is 0 Å². The zero-order valence-electron chi connectivity index (χ0n) is 15.2. The minimum atomic E-state index is -2.85. The van der Waals surface area contributed by atoms with Crippen LogP contribution < -0.4 is 11.1 Å². The number of hydrogen-bond acceptors (Lipinski definition) is 4. The molecule has 9 heteroatoms. The highest BCUT2D eigenvalue weighted by Gasteiger charge is 2.35. The van der Waals surface area contributed by atoms with Crippen molar-refractivity contribution in [3.05, 3.63) is 47.8 Å². The Morgan fingerprint density at radius 2 is 2.07 bits per heavy atom. The van der Waals surface area contributed by atoms with E-state index in [2.05, 4.69) is 21.9 Å². The predicted octanol–water partition coefficient (Wildman–Crippen LogP) is 3.77. The second kappa shape index (κ2) is 9.48. The van der Waals surface area contributed by atoms with Crippen LogP contribution in [0.2, 0.25) is 0 Å². The summed E-state index contributed by atoms with van der Waals surface area (Å²) in [5, 5.41) is 2.59. The fraction of sp³-hybridized carbons (Fsp3) is 0.421. The molecule has 1 saturated carbocycles. The number of amides is 1. The molecule has 1 aromatic rings. The van der Waals surface area contributed by atoms with Crippen LogP contribution >= 0.6 is 0 Å². The lowest BCUT2D eigenvalue weighted by Gasteiger charge is -2.29. The zero-order chi connectivity index (χ0) is 20.7. The van der Waals surface area contributed by atoms with Crippen molar-refractivity contribution in [2.45, 2.75) is 50.6 Å². The van der Waals surface area contributed by atoms with Crippen LogP contribution in [-0.4, -0.2) is 29.6 Å². The van der Waals surface area contributed by atoms with E-state index in [1.54, 1.807) is 12.1 Å². The van der Waals surface area contributed by atoms with Crippen LogP contribution in [0.4, 0.5) is 17.6 Å². The lowest BCUT2D eigenvalue weighted by Crippen LogP contribution is -2.24. The van der Waals surface area contributed by atoms with Crippen molar-refractivity contribution in [2.75, 3.05) is 0 Å². The number of alkyl halides is 4. The minimum Gasteiger partial charge on any atom is -0.397 e. The Labute approximate surface area is 160 Å². The maximum absolute atomic E-state index is 13.5. The number of allylic oxidation sites excluding steroid dienone is 1. The Morgan fingerprint density at radius 3 is 2.68 bits per heavy atom. The third-order valence-corrected chi connectivity index (χ3v) is 4.47. The lowest BCUT2D eigenvalue weighted by atomic mass is 9.82. The van der Waals surface area contributed by atoms with Gasteiger partial charge in [-0.3, -0.25) is 4.79 Å². The van der Waals surface area contributed by atoms with E-state index in [0.717, 1.165) is 17.9 Å². The second-order valence-electron chi connectivity index (χ2n) is 6.53. The van der Waals surface area contributed by atoms with Crippen molar-refractivity contribution in [1.82, 2.24) is 10.3 Å². The molecule has 1 aromatic heterocycles. The lowest BCUT2D eigenvalue weighted by molar-refractivity contribution is -0.116. The summed E-state index contributed by atoms with van der Waals surface area (Å²) in [5.74, 6) is -3.14. The van der Waals surface area contributed by atoms with E-state index in [1.807, 2.05) is 0 Å². The Balaban J connectivity index is 2.30. The average Bonchev–Trinajstić information content (AvgIpc) is 2.65. The van der Waals surface area contributed by atoms with E-state index in [1.165, 1.54) is 6.08 Å². The number of rotatable bonds is 7. The molecule has 0 bridgehead atoms. The van der Waals surface area contributed by atoms with Gasteiger partial charge in [0.25, 0.3) is 0 Å². The van der Waals surface area contributed by atoms with Crippen molar-refractivity contribution < 1.29 is 22.4 Å². The van der Waals surface area contributed by atoms with Gasteiger partial charge in [0.2, 0.25) is 11.8 Å². The highest BCUT2D eigenvalue weighted by molar-refractivity contribution is 5.86. The average molecular weight is 398 g/mol. The van der Waals surface area contributed by atoms with Gasteiger partial charge in [-0.25, -0.2) is 18.8 Å². The SMILES string of the molecule is C=CC(=O)NCc1cc(C2CCC(F)(F)CC2)cc(C(N)=CC=NC(F)F)n1. The number of nitrogens with two attached hydrogens (primary N) is 1. The first-order valence-corrected chi connectivity index (χ1v) is 8.76. The molecule has 0 unspecified atom stereocenters. The summed E-state index contributed by atoms with van der Waals surface area (Å²) < 4.78 is 51.2. The molecule has 1 aliphatic carbocycles. The van der Waals surface area contributed by atoms with Gasteiger partial charge >= 0.3 is 6.55 Å². The Bertz CT molecular complexity index is 767. The molecule has 2 rings (SSSR count). The van der Waals surface area contributed by atoms with Crippen molar-refractivity contribution in [3.8, 4) is 0 Å². The smallest absolute Gasteiger partial charge is 0.331 e.